The number of benzene rings is 2. The number of nitrogens with one attached hydrogen (secondary N) is 1. The first kappa shape index (κ1) is 30.2. The van der Waals surface area contributed by atoms with Gasteiger partial charge in [-0.2, -0.15) is 0 Å². The van der Waals surface area contributed by atoms with E-state index in [9.17, 15) is 4.79 Å². The summed E-state index contributed by atoms with van der Waals surface area (Å²) in [4.78, 5) is 15.2. The van der Waals surface area contributed by atoms with Gasteiger partial charge in [0, 0.05) is 36.9 Å². The Kier molecular flexibility index (Phi) is 12.3. The molecule has 3 rings (SSSR count). The Morgan fingerprint density at radius 2 is 1.56 bits per heavy atom. The molecule has 0 radical (unpaired) electrons. The van der Waals surface area contributed by atoms with Crippen molar-refractivity contribution in [3.63, 3.8) is 0 Å². The summed E-state index contributed by atoms with van der Waals surface area (Å²) in [6.07, 6.45) is 1.89. The summed E-state index contributed by atoms with van der Waals surface area (Å²) in [7, 11) is 1.81. The number of hydrazine groups is 1. The number of nitrogens with zero attached hydrogens (tertiary/aromatic N) is 2. The van der Waals surface area contributed by atoms with E-state index in [1.165, 1.54) is 0 Å². The van der Waals surface area contributed by atoms with Gasteiger partial charge in [-0.15, -0.1) is 0 Å². The molecule has 1 heterocycles. The Hall–Kier alpha value is -3.37. The molecule has 0 bridgehead atoms. The van der Waals surface area contributed by atoms with Crippen molar-refractivity contribution in [2.45, 2.75) is 32.7 Å². The second-order valence-electron chi connectivity index (χ2n) is 9.30. The zero-order valence-electron chi connectivity index (χ0n) is 23.3. The molecular formula is C30H43N5O4. The van der Waals surface area contributed by atoms with Crippen LogP contribution in [-0.4, -0.2) is 64.1 Å². The first-order chi connectivity index (χ1) is 19.0. The molecule has 0 saturated carbocycles. The summed E-state index contributed by atoms with van der Waals surface area (Å²) >= 11 is 0. The van der Waals surface area contributed by atoms with Crippen LogP contribution in [0.1, 0.15) is 42.9 Å². The molecule has 0 spiro atoms. The van der Waals surface area contributed by atoms with E-state index in [1.54, 1.807) is 9.91 Å². The molecule has 212 valence electrons. The second kappa shape index (κ2) is 15.9. The van der Waals surface area contributed by atoms with Gasteiger partial charge in [-0.05, 0) is 24.5 Å². The molecule has 0 saturated heterocycles. The average molecular weight is 538 g/mol. The van der Waals surface area contributed by atoms with Crippen LogP contribution < -0.4 is 21.8 Å². The van der Waals surface area contributed by atoms with E-state index in [2.05, 4.69) is 18.8 Å². The van der Waals surface area contributed by atoms with Gasteiger partial charge >= 0.3 is 0 Å². The summed E-state index contributed by atoms with van der Waals surface area (Å²) in [5.41, 5.74) is 12.2. The minimum Gasteiger partial charge on any atom is -0.396 e. The third-order valence-corrected chi connectivity index (χ3v) is 6.49. The highest BCUT2D eigenvalue weighted by molar-refractivity contribution is 6.01. The van der Waals surface area contributed by atoms with Crippen LogP contribution in [0.25, 0.3) is 11.4 Å². The van der Waals surface area contributed by atoms with Crippen molar-refractivity contribution < 1.29 is 19.0 Å². The summed E-state index contributed by atoms with van der Waals surface area (Å²) in [5.74, 6) is 6.60. The lowest BCUT2D eigenvalue weighted by molar-refractivity contribution is -0.118. The fourth-order valence-corrected chi connectivity index (χ4v) is 4.36. The van der Waals surface area contributed by atoms with Gasteiger partial charge < -0.3 is 35.2 Å². The Morgan fingerprint density at radius 3 is 2.26 bits per heavy atom. The first-order valence-electron chi connectivity index (χ1n) is 13.6. The lowest BCUT2D eigenvalue weighted by Gasteiger charge is -2.33. The summed E-state index contributed by atoms with van der Waals surface area (Å²) in [6.45, 7) is 10.1. The number of anilines is 1. The van der Waals surface area contributed by atoms with Crippen LogP contribution in [0.5, 0.6) is 0 Å². The molecule has 0 fully saturated rings. The standard InChI is InChI=1S/C30H43N5O4/c1-4-16-37-18-20-39-21-19-38-17-15-35(32)30-25-10-6-5-9-24(25)22-34(28(36)14-13-23(2)33-3)27-12-8-7-11-26(27)29(30)31/h5-12,33H,2,4,13-22,31-32H2,1,3H3/b30-29-. The van der Waals surface area contributed by atoms with E-state index in [0.717, 1.165) is 41.1 Å². The van der Waals surface area contributed by atoms with Gasteiger partial charge in [0.05, 0.1) is 63.2 Å². The summed E-state index contributed by atoms with van der Waals surface area (Å²) < 4.78 is 16.7. The van der Waals surface area contributed by atoms with E-state index in [0.29, 0.717) is 70.4 Å². The van der Waals surface area contributed by atoms with Crippen molar-refractivity contribution in [1.82, 2.24) is 10.3 Å². The normalized spacial score (nSPS) is 14.7. The fourth-order valence-electron chi connectivity index (χ4n) is 4.36. The van der Waals surface area contributed by atoms with Gasteiger partial charge in [-0.1, -0.05) is 56.0 Å². The predicted octanol–water partition coefficient (Wildman–Crippen LogP) is 3.47. The molecular weight excluding hydrogens is 494 g/mol. The third kappa shape index (κ3) is 8.56. The molecule has 5 N–H and O–H groups in total. The smallest absolute Gasteiger partial charge is 0.227 e. The molecule has 0 unspecified atom stereocenters. The Bertz CT molecular complexity index is 1120. The molecule has 0 atom stereocenters. The molecule has 1 aliphatic heterocycles. The third-order valence-electron chi connectivity index (χ3n) is 6.49. The Balaban J connectivity index is 1.75. The summed E-state index contributed by atoms with van der Waals surface area (Å²) in [6, 6.07) is 15.6. The van der Waals surface area contributed by atoms with E-state index in [4.69, 9.17) is 25.8 Å². The van der Waals surface area contributed by atoms with Crippen LogP contribution in [-0.2, 0) is 25.5 Å². The van der Waals surface area contributed by atoms with Crippen LogP contribution in [0.2, 0.25) is 0 Å². The van der Waals surface area contributed by atoms with E-state index in [-0.39, 0.29) is 5.91 Å². The van der Waals surface area contributed by atoms with Crippen LogP contribution in [0, 0.1) is 0 Å². The van der Waals surface area contributed by atoms with Gasteiger partial charge in [0.25, 0.3) is 0 Å². The maximum atomic E-state index is 13.4. The number of para-hydroxylation sites is 1. The van der Waals surface area contributed by atoms with Crippen molar-refractivity contribution in [2.24, 2.45) is 11.6 Å². The molecule has 39 heavy (non-hydrogen) atoms. The number of ether oxygens (including phenoxy) is 3. The lowest BCUT2D eigenvalue weighted by atomic mass is 9.95. The monoisotopic (exact) mass is 537 g/mol. The Labute approximate surface area is 232 Å². The number of fused-ring (bicyclic) bond motifs is 2. The van der Waals surface area contributed by atoms with Gasteiger partial charge in [0.15, 0.2) is 0 Å². The quantitative estimate of drug-likeness (QED) is 0.169. The number of carbonyl (C=O) groups is 1. The zero-order chi connectivity index (χ0) is 28.0. The number of hydrogen-bond donors (Lipinski definition) is 3. The van der Waals surface area contributed by atoms with Crippen molar-refractivity contribution in [3.8, 4) is 0 Å². The number of rotatable bonds is 16. The SMILES string of the molecule is C=C(CCC(=O)N1Cc2ccccc2/C(N(N)CCOCCOCCOCCC)=C(/N)c2ccccc21)NC. The first-order valence-corrected chi connectivity index (χ1v) is 13.6. The van der Waals surface area contributed by atoms with Crippen LogP contribution in [0.3, 0.4) is 0 Å². The van der Waals surface area contributed by atoms with Gasteiger partial charge in [-0.25, -0.2) is 5.84 Å². The van der Waals surface area contributed by atoms with Crippen molar-refractivity contribution in [1.29, 1.82) is 0 Å². The van der Waals surface area contributed by atoms with Crippen LogP contribution >= 0.6 is 0 Å². The highest BCUT2D eigenvalue weighted by Gasteiger charge is 2.27. The fraction of sp³-hybridized carbons (Fsp3) is 0.433. The largest absolute Gasteiger partial charge is 0.396 e. The molecule has 2 aromatic carbocycles. The second-order valence-corrected chi connectivity index (χ2v) is 9.30. The topological polar surface area (TPSA) is 115 Å². The highest BCUT2D eigenvalue weighted by atomic mass is 16.5. The van der Waals surface area contributed by atoms with Crippen molar-refractivity contribution in [3.05, 3.63) is 77.5 Å². The Morgan fingerprint density at radius 1 is 0.949 bits per heavy atom. The molecule has 0 aromatic heterocycles. The number of hydrogen-bond acceptors (Lipinski definition) is 8. The van der Waals surface area contributed by atoms with Crippen LogP contribution in [0.15, 0.2) is 60.8 Å². The van der Waals surface area contributed by atoms with Crippen LogP contribution in [0.4, 0.5) is 5.69 Å². The molecule has 9 nitrogen and oxygen atoms in total. The van der Waals surface area contributed by atoms with Gasteiger partial charge in [0.1, 0.15) is 0 Å². The van der Waals surface area contributed by atoms with Crippen molar-refractivity contribution in [2.75, 3.05) is 58.1 Å². The van der Waals surface area contributed by atoms with E-state index < -0.39 is 0 Å². The minimum atomic E-state index is 0.00190. The molecule has 9 heteroatoms. The minimum absolute atomic E-state index is 0.00190. The molecule has 2 aromatic rings. The number of carbonyl (C=O) groups excluding carboxylic acids is 1. The van der Waals surface area contributed by atoms with Gasteiger partial charge in [-0.3, -0.25) is 4.79 Å². The molecule has 1 aliphatic rings. The maximum absolute atomic E-state index is 13.4. The number of amides is 1. The average Bonchev–Trinajstić information content (AvgIpc) is 2.95. The zero-order valence-corrected chi connectivity index (χ0v) is 23.3. The van der Waals surface area contributed by atoms with Crippen molar-refractivity contribution >= 4 is 23.0 Å². The predicted molar refractivity (Wildman–Crippen MR) is 156 cm³/mol. The lowest BCUT2D eigenvalue weighted by Crippen LogP contribution is -2.37. The number of allylic oxidation sites excluding steroid dienone is 1. The molecule has 1 amide bonds. The van der Waals surface area contributed by atoms with E-state index in [1.807, 2.05) is 55.6 Å². The molecule has 0 aliphatic carbocycles. The highest BCUT2D eigenvalue weighted by Crippen LogP contribution is 2.36. The maximum Gasteiger partial charge on any atom is 0.227 e. The van der Waals surface area contributed by atoms with E-state index >= 15 is 0 Å². The van der Waals surface area contributed by atoms with Gasteiger partial charge in [0.2, 0.25) is 5.91 Å². The number of nitrogens with two attached hydrogens (primary N) is 2. The summed E-state index contributed by atoms with van der Waals surface area (Å²) in [5, 5.41) is 4.65.